The van der Waals surface area contributed by atoms with E-state index in [0.717, 1.165) is 12.1 Å². The third-order valence-corrected chi connectivity index (χ3v) is 4.73. The van der Waals surface area contributed by atoms with Gasteiger partial charge in [0.2, 0.25) is 5.89 Å². The predicted octanol–water partition coefficient (Wildman–Crippen LogP) is 5.05. The van der Waals surface area contributed by atoms with E-state index in [1.165, 1.54) is 23.9 Å². The number of carbonyl (C=O) groups excluding carboxylic acids is 1. The van der Waals surface area contributed by atoms with Crippen molar-refractivity contribution in [1.82, 2.24) is 10.1 Å². The summed E-state index contributed by atoms with van der Waals surface area (Å²) in [7, 11) is 0. The number of alkyl halides is 3. The number of thioether (sulfide) groups is 1. The second-order valence-electron chi connectivity index (χ2n) is 5.79. The van der Waals surface area contributed by atoms with Gasteiger partial charge in [-0.2, -0.15) is 18.2 Å². The minimum atomic E-state index is -4.45. The number of benzene rings is 2. The number of nitrogens with zero attached hydrogens (tertiary/aromatic N) is 2. The second-order valence-corrected chi connectivity index (χ2v) is 6.81. The summed E-state index contributed by atoms with van der Waals surface area (Å²) < 4.78 is 48.5. The Hall–Kier alpha value is -2.81. The number of aryl methyl sites for hydroxylation is 1. The first-order valence-corrected chi connectivity index (χ1v) is 9.16. The molecular formula is C19H15F3N2O3S. The van der Waals surface area contributed by atoms with Crippen molar-refractivity contribution >= 4 is 17.7 Å². The molecule has 0 spiro atoms. The van der Waals surface area contributed by atoms with E-state index in [4.69, 9.17) is 9.26 Å². The van der Waals surface area contributed by atoms with Crippen molar-refractivity contribution in [3.8, 4) is 0 Å². The van der Waals surface area contributed by atoms with Crippen LogP contribution in [-0.2, 0) is 23.3 Å². The highest BCUT2D eigenvalue weighted by molar-refractivity contribution is 7.98. The first kappa shape index (κ1) is 19.9. The Morgan fingerprint density at radius 3 is 2.68 bits per heavy atom. The largest absolute Gasteiger partial charge is 0.457 e. The fraction of sp³-hybridized carbons (Fsp3) is 0.211. The van der Waals surface area contributed by atoms with E-state index in [1.54, 1.807) is 31.2 Å². The third-order valence-electron chi connectivity index (χ3n) is 3.66. The molecule has 0 fully saturated rings. The summed E-state index contributed by atoms with van der Waals surface area (Å²) in [4.78, 5) is 17.2. The van der Waals surface area contributed by atoms with Gasteiger partial charge in [0, 0.05) is 11.8 Å². The van der Waals surface area contributed by atoms with Crippen LogP contribution in [0.2, 0.25) is 0 Å². The smallest absolute Gasteiger partial charge is 0.416 e. The molecule has 0 atom stereocenters. The fourth-order valence-electron chi connectivity index (χ4n) is 2.37. The van der Waals surface area contributed by atoms with Gasteiger partial charge in [-0.15, -0.1) is 11.8 Å². The van der Waals surface area contributed by atoms with Crippen molar-refractivity contribution in [2.75, 3.05) is 0 Å². The molecule has 0 aliphatic heterocycles. The lowest BCUT2D eigenvalue weighted by atomic mass is 10.1. The summed E-state index contributed by atoms with van der Waals surface area (Å²) in [5.74, 6) is 0.721. The first-order valence-electron chi connectivity index (χ1n) is 8.17. The van der Waals surface area contributed by atoms with Gasteiger partial charge in [-0.1, -0.05) is 29.4 Å². The lowest BCUT2D eigenvalue weighted by molar-refractivity contribution is -0.137. The quantitative estimate of drug-likeness (QED) is 0.420. The molecule has 0 saturated heterocycles. The van der Waals surface area contributed by atoms with Crippen molar-refractivity contribution in [1.29, 1.82) is 0 Å². The van der Waals surface area contributed by atoms with Crippen LogP contribution >= 0.6 is 11.8 Å². The zero-order valence-electron chi connectivity index (χ0n) is 14.7. The van der Waals surface area contributed by atoms with Gasteiger partial charge in [-0.3, -0.25) is 0 Å². The number of ether oxygens (including phenoxy) is 1. The number of hydrogen-bond donors (Lipinski definition) is 0. The van der Waals surface area contributed by atoms with E-state index in [0.29, 0.717) is 27.9 Å². The molecule has 0 saturated carbocycles. The maximum atomic E-state index is 12.8. The fourth-order valence-corrected chi connectivity index (χ4v) is 3.25. The number of esters is 1. The Morgan fingerprint density at radius 2 is 1.96 bits per heavy atom. The maximum Gasteiger partial charge on any atom is 0.416 e. The SMILES string of the molecule is Cc1nc(CSc2ccccc2C(=O)OCc2cccc(C(F)(F)F)c2)no1. The standard InChI is InChI=1S/C19H15F3N2O3S/c1-12-23-17(24-27-12)11-28-16-8-3-2-7-15(16)18(25)26-10-13-5-4-6-14(9-13)19(20,21)22/h2-9H,10-11H2,1H3. The molecule has 0 radical (unpaired) electrons. The highest BCUT2D eigenvalue weighted by atomic mass is 32.2. The zero-order valence-corrected chi connectivity index (χ0v) is 15.5. The molecule has 0 N–H and O–H groups in total. The second kappa shape index (κ2) is 8.47. The van der Waals surface area contributed by atoms with Crippen LogP contribution in [0.25, 0.3) is 0 Å². The molecule has 0 bridgehead atoms. The van der Waals surface area contributed by atoms with Crippen molar-refractivity contribution in [3.63, 3.8) is 0 Å². The monoisotopic (exact) mass is 408 g/mol. The highest BCUT2D eigenvalue weighted by Gasteiger charge is 2.30. The Balaban J connectivity index is 1.66. The van der Waals surface area contributed by atoms with Crippen molar-refractivity contribution in [2.45, 2.75) is 30.4 Å². The molecule has 5 nitrogen and oxygen atoms in total. The predicted molar refractivity (Wildman–Crippen MR) is 95.6 cm³/mol. The van der Waals surface area contributed by atoms with E-state index in [2.05, 4.69) is 10.1 Å². The van der Waals surface area contributed by atoms with E-state index in [9.17, 15) is 18.0 Å². The molecule has 3 rings (SSSR count). The Labute approximate surface area is 162 Å². The third kappa shape index (κ3) is 5.13. The average Bonchev–Trinajstić information content (AvgIpc) is 3.09. The van der Waals surface area contributed by atoms with Crippen molar-refractivity contribution in [2.24, 2.45) is 0 Å². The molecule has 1 aromatic heterocycles. The number of hydrogen-bond acceptors (Lipinski definition) is 6. The molecular weight excluding hydrogens is 393 g/mol. The molecule has 28 heavy (non-hydrogen) atoms. The lowest BCUT2D eigenvalue weighted by Crippen LogP contribution is -2.08. The van der Waals surface area contributed by atoms with Gasteiger partial charge in [-0.25, -0.2) is 4.79 Å². The van der Waals surface area contributed by atoms with Crippen LogP contribution < -0.4 is 0 Å². The zero-order chi connectivity index (χ0) is 20.1. The van der Waals surface area contributed by atoms with Crippen LogP contribution in [0.4, 0.5) is 13.2 Å². The summed E-state index contributed by atoms with van der Waals surface area (Å²) in [6.45, 7) is 1.42. The normalized spacial score (nSPS) is 11.4. The van der Waals surface area contributed by atoms with Gasteiger partial charge in [0.15, 0.2) is 5.82 Å². The molecule has 0 aliphatic rings. The van der Waals surface area contributed by atoms with E-state index < -0.39 is 17.7 Å². The first-order chi connectivity index (χ1) is 13.3. The summed E-state index contributed by atoms with van der Waals surface area (Å²) >= 11 is 1.33. The van der Waals surface area contributed by atoms with Crippen molar-refractivity contribution < 1.29 is 27.2 Å². The maximum absolute atomic E-state index is 12.8. The van der Waals surface area contributed by atoms with E-state index in [1.807, 2.05) is 0 Å². The Morgan fingerprint density at radius 1 is 1.18 bits per heavy atom. The Bertz CT molecular complexity index is 973. The molecule has 146 valence electrons. The van der Waals surface area contributed by atoms with Crippen LogP contribution in [0.1, 0.15) is 33.2 Å². The summed E-state index contributed by atoms with van der Waals surface area (Å²) in [6.07, 6.45) is -4.45. The van der Waals surface area contributed by atoms with Gasteiger partial charge in [0.25, 0.3) is 0 Å². The van der Waals surface area contributed by atoms with Crippen LogP contribution in [0.5, 0.6) is 0 Å². The summed E-state index contributed by atoms with van der Waals surface area (Å²) in [6, 6.07) is 11.5. The van der Waals surface area contributed by atoms with Crippen molar-refractivity contribution in [3.05, 3.63) is 76.9 Å². The number of aromatic nitrogens is 2. The molecule has 0 amide bonds. The molecule has 0 unspecified atom stereocenters. The summed E-state index contributed by atoms with van der Waals surface area (Å²) in [5.41, 5.74) is -0.206. The number of rotatable bonds is 6. The van der Waals surface area contributed by atoms with Crippen LogP contribution in [-0.4, -0.2) is 16.1 Å². The topological polar surface area (TPSA) is 65.2 Å². The molecule has 1 heterocycles. The molecule has 3 aromatic rings. The number of halogens is 3. The molecule has 9 heteroatoms. The van der Waals surface area contributed by atoms with E-state index in [-0.39, 0.29) is 12.2 Å². The van der Waals surface area contributed by atoms with Gasteiger partial charge in [0.1, 0.15) is 6.61 Å². The molecule has 0 aliphatic carbocycles. The van der Waals surface area contributed by atoms with Gasteiger partial charge in [-0.05, 0) is 29.8 Å². The highest BCUT2D eigenvalue weighted by Crippen LogP contribution is 2.30. The van der Waals surface area contributed by atoms with Crippen LogP contribution in [0, 0.1) is 6.92 Å². The van der Waals surface area contributed by atoms with Crippen LogP contribution in [0.15, 0.2) is 57.9 Å². The van der Waals surface area contributed by atoms with Gasteiger partial charge >= 0.3 is 12.1 Å². The van der Waals surface area contributed by atoms with Gasteiger partial charge < -0.3 is 9.26 Å². The van der Waals surface area contributed by atoms with E-state index >= 15 is 0 Å². The summed E-state index contributed by atoms with van der Waals surface area (Å²) in [5, 5.41) is 3.79. The average molecular weight is 408 g/mol. The Kier molecular flexibility index (Phi) is 6.03. The minimum Gasteiger partial charge on any atom is -0.457 e. The number of carbonyl (C=O) groups is 1. The lowest BCUT2D eigenvalue weighted by Gasteiger charge is -2.11. The van der Waals surface area contributed by atoms with Gasteiger partial charge in [0.05, 0.1) is 16.9 Å². The van der Waals surface area contributed by atoms with Crippen LogP contribution in [0.3, 0.4) is 0 Å². The molecule has 2 aromatic carbocycles. The minimum absolute atomic E-state index is 0.258.